The Morgan fingerprint density at radius 2 is 1.87 bits per heavy atom. The number of ether oxygens (including phenoxy) is 2. The van der Waals surface area contributed by atoms with Gasteiger partial charge in [-0.1, -0.05) is 0 Å². The van der Waals surface area contributed by atoms with Gasteiger partial charge < -0.3 is 14.6 Å². The summed E-state index contributed by atoms with van der Waals surface area (Å²) in [5, 5.41) is 8.51. The maximum Gasteiger partial charge on any atom is 0.303 e. The van der Waals surface area contributed by atoms with E-state index in [4.69, 9.17) is 14.6 Å². The fourth-order valence-electron chi connectivity index (χ4n) is 0.989. The molecule has 0 atom stereocenters. The van der Waals surface area contributed by atoms with Crippen molar-refractivity contribution in [3.8, 4) is 11.8 Å². The Labute approximate surface area is 86.9 Å². The predicted octanol–water partition coefficient (Wildman–Crippen LogP) is 0.511. The first-order valence-electron chi connectivity index (χ1n) is 4.33. The van der Waals surface area contributed by atoms with Crippen molar-refractivity contribution in [1.29, 1.82) is 0 Å². The number of aryl methyl sites for hydroxylation is 1. The maximum atomic E-state index is 10.4. The smallest absolute Gasteiger partial charge is 0.303 e. The number of nitrogens with zero attached hydrogens (tertiary/aromatic N) is 2. The lowest BCUT2D eigenvalue weighted by Crippen LogP contribution is -2.04. The average Bonchev–Trinajstić information content (AvgIpc) is 2.25. The summed E-state index contributed by atoms with van der Waals surface area (Å²) in [5.74, 6) is 0.235. The molecule has 0 aliphatic rings. The van der Waals surface area contributed by atoms with Crippen molar-refractivity contribution in [3.63, 3.8) is 0 Å². The largest absolute Gasteiger partial charge is 0.481 e. The van der Waals surface area contributed by atoms with Crippen LogP contribution in [0.1, 0.15) is 12.2 Å². The third kappa shape index (κ3) is 3.41. The lowest BCUT2D eigenvalue weighted by Gasteiger charge is -2.05. The van der Waals surface area contributed by atoms with Gasteiger partial charge in [-0.05, 0) is 0 Å². The highest BCUT2D eigenvalue weighted by atomic mass is 16.5. The molecule has 0 fully saturated rings. The normalized spacial score (nSPS) is 9.73. The zero-order valence-corrected chi connectivity index (χ0v) is 8.56. The van der Waals surface area contributed by atoms with E-state index in [-0.39, 0.29) is 12.8 Å². The number of hydrogen-bond acceptors (Lipinski definition) is 5. The van der Waals surface area contributed by atoms with Crippen molar-refractivity contribution in [3.05, 3.63) is 11.9 Å². The van der Waals surface area contributed by atoms with E-state index in [1.54, 1.807) is 0 Å². The third-order valence-corrected chi connectivity index (χ3v) is 1.71. The molecule has 0 radical (unpaired) electrons. The van der Waals surface area contributed by atoms with Crippen molar-refractivity contribution in [2.45, 2.75) is 12.8 Å². The van der Waals surface area contributed by atoms with Crippen LogP contribution >= 0.6 is 0 Å². The minimum absolute atomic E-state index is 0.0175. The van der Waals surface area contributed by atoms with Crippen LogP contribution in [0.5, 0.6) is 11.8 Å². The number of methoxy groups -OCH3 is 2. The Kier molecular flexibility index (Phi) is 3.84. The SMILES string of the molecule is COc1cc(OC)nc(CCC(=O)O)n1. The lowest BCUT2D eigenvalue weighted by atomic mass is 10.3. The lowest BCUT2D eigenvalue weighted by molar-refractivity contribution is -0.137. The summed E-state index contributed by atoms with van der Waals surface area (Å²) in [6, 6.07) is 1.53. The highest BCUT2D eigenvalue weighted by Crippen LogP contribution is 2.15. The van der Waals surface area contributed by atoms with Gasteiger partial charge in [0.15, 0.2) is 0 Å². The molecule has 6 nitrogen and oxygen atoms in total. The van der Waals surface area contributed by atoms with Crippen LogP contribution in [-0.2, 0) is 11.2 Å². The quantitative estimate of drug-likeness (QED) is 0.765. The van der Waals surface area contributed by atoms with Crippen molar-refractivity contribution in [2.24, 2.45) is 0 Å². The van der Waals surface area contributed by atoms with E-state index in [2.05, 4.69) is 9.97 Å². The molecule has 15 heavy (non-hydrogen) atoms. The second-order valence-electron chi connectivity index (χ2n) is 2.76. The summed E-state index contributed by atoms with van der Waals surface area (Å²) in [4.78, 5) is 18.4. The Morgan fingerprint density at radius 3 is 2.27 bits per heavy atom. The van der Waals surface area contributed by atoms with Gasteiger partial charge in [-0.3, -0.25) is 4.79 Å². The summed E-state index contributed by atoms with van der Waals surface area (Å²) in [6.45, 7) is 0. The minimum atomic E-state index is -0.889. The zero-order valence-electron chi connectivity index (χ0n) is 8.56. The molecule has 0 aliphatic heterocycles. The number of hydrogen-bond donors (Lipinski definition) is 1. The fraction of sp³-hybridized carbons (Fsp3) is 0.444. The first-order valence-corrected chi connectivity index (χ1v) is 4.33. The van der Waals surface area contributed by atoms with Crippen LogP contribution in [0.2, 0.25) is 0 Å². The number of rotatable bonds is 5. The van der Waals surface area contributed by atoms with Crippen LogP contribution in [0.15, 0.2) is 6.07 Å². The van der Waals surface area contributed by atoms with Gasteiger partial charge in [0.05, 0.1) is 26.7 Å². The van der Waals surface area contributed by atoms with Gasteiger partial charge in [0.25, 0.3) is 0 Å². The van der Waals surface area contributed by atoms with Gasteiger partial charge in [-0.25, -0.2) is 0 Å². The number of aliphatic carboxylic acids is 1. The minimum Gasteiger partial charge on any atom is -0.481 e. The molecule has 1 aromatic heterocycles. The Balaban J connectivity index is 2.81. The fourth-order valence-corrected chi connectivity index (χ4v) is 0.989. The van der Waals surface area contributed by atoms with Crippen LogP contribution in [0, 0.1) is 0 Å². The van der Waals surface area contributed by atoms with Gasteiger partial charge in [0, 0.05) is 6.42 Å². The highest BCUT2D eigenvalue weighted by molar-refractivity contribution is 5.66. The summed E-state index contributed by atoms with van der Waals surface area (Å²) >= 11 is 0. The molecule has 0 spiro atoms. The van der Waals surface area contributed by atoms with Crippen LogP contribution in [-0.4, -0.2) is 35.3 Å². The summed E-state index contributed by atoms with van der Waals surface area (Å²) in [7, 11) is 2.95. The molecule has 1 heterocycles. The molecule has 0 aromatic carbocycles. The summed E-state index contributed by atoms with van der Waals surface area (Å²) < 4.78 is 9.85. The zero-order chi connectivity index (χ0) is 11.3. The van der Waals surface area contributed by atoms with Crippen LogP contribution in [0.25, 0.3) is 0 Å². The van der Waals surface area contributed by atoms with Gasteiger partial charge in [-0.15, -0.1) is 0 Å². The van der Waals surface area contributed by atoms with E-state index in [0.717, 1.165) is 0 Å². The van der Waals surface area contributed by atoms with E-state index in [0.29, 0.717) is 17.6 Å². The standard InChI is InChI=1S/C9H12N2O4/c1-14-7-5-8(15-2)11-6(10-7)3-4-9(12)13/h5H,3-4H2,1-2H3,(H,12,13). The Bertz CT molecular complexity index is 332. The van der Waals surface area contributed by atoms with Crippen LogP contribution in [0.4, 0.5) is 0 Å². The Morgan fingerprint density at radius 1 is 1.33 bits per heavy atom. The van der Waals surface area contributed by atoms with Crippen LogP contribution in [0.3, 0.4) is 0 Å². The molecule has 1 N–H and O–H groups in total. The van der Waals surface area contributed by atoms with Crippen molar-refractivity contribution in [1.82, 2.24) is 9.97 Å². The molecule has 0 saturated heterocycles. The molecule has 82 valence electrons. The van der Waals surface area contributed by atoms with Gasteiger partial charge >= 0.3 is 5.97 Å². The molecule has 0 bridgehead atoms. The predicted molar refractivity (Wildman–Crippen MR) is 51.1 cm³/mol. The van der Waals surface area contributed by atoms with Crippen molar-refractivity contribution in [2.75, 3.05) is 14.2 Å². The summed E-state index contributed by atoms with van der Waals surface area (Å²) in [5.41, 5.74) is 0. The second kappa shape index (κ2) is 5.14. The molecule has 0 aliphatic carbocycles. The van der Waals surface area contributed by atoms with E-state index < -0.39 is 5.97 Å². The number of carbonyl (C=O) groups is 1. The summed E-state index contributed by atoms with van der Waals surface area (Å²) in [6.07, 6.45) is 0.235. The van der Waals surface area contributed by atoms with Crippen molar-refractivity contribution >= 4 is 5.97 Å². The molecule has 1 aromatic rings. The Hall–Kier alpha value is -1.85. The number of carboxylic acids is 1. The highest BCUT2D eigenvalue weighted by Gasteiger charge is 2.07. The average molecular weight is 212 g/mol. The topological polar surface area (TPSA) is 81.5 Å². The molecule has 1 rings (SSSR count). The van der Waals surface area contributed by atoms with Gasteiger partial charge in [-0.2, -0.15) is 9.97 Å². The third-order valence-electron chi connectivity index (χ3n) is 1.71. The van der Waals surface area contributed by atoms with Crippen LogP contribution < -0.4 is 9.47 Å². The maximum absolute atomic E-state index is 10.4. The first kappa shape index (κ1) is 11.2. The van der Waals surface area contributed by atoms with E-state index >= 15 is 0 Å². The number of aromatic nitrogens is 2. The van der Waals surface area contributed by atoms with E-state index in [1.165, 1.54) is 20.3 Å². The van der Waals surface area contributed by atoms with Gasteiger partial charge in [0.2, 0.25) is 11.8 Å². The molecular weight excluding hydrogens is 200 g/mol. The van der Waals surface area contributed by atoms with E-state index in [1.807, 2.05) is 0 Å². The molecular formula is C9H12N2O4. The molecule has 0 amide bonds. The molecule has 0 unspecified atom stereocenters. The number of carboxylic acid groups (broad SMARTS) is 1. The molecule has 6 heteroatoms. The monoisotopic (exact) mass is 212 g/mol. The van der Waals surface area contributed by atoms with Crippen molar-refractivity contribution < 1.29 is 19.4 Å². The van der Waals surface area contributed by atoms with E-state index in [9.17, 15) is 4.79 Å². The second-order valence-corrected chi connectivity index (χ2v) is 2.76. The van der Waals surface area contributed by atoms with Gasteiger partial charge in [0.1, 0.15) is 5.82 Å². The first-order chi connectivity index (χ1) is 7.15. The molecule has 0 saturated carbocycles.